The number of halogens is 1. The van der Waals surface area contributed by atoms with Gasteiger partial charge in [-0.05, 0) is 24.6 Å². The molecule has 0 saturated carbocycles. The number of benzene rings is 1. The zero-order valence-corrected chi connectivity index (χ0v) is 11.1. The highest BCUT2D eigenvalue weighted by atomic mass is 35.5. The van der Waals surface area contributed by atoms with Gasteiger partial charge in [0.05, 0.1) is 5.69 Å². The Morgan fingerprint density at radius 1 is 1.26 bits per heavy atom. The number of aromatic nitrogens is 4. The SMILES string of the molecule is CCc1cc(-c2cccc(Cl)c2)nc2nc(N)nn12. The van der Waals surface area contributed by atoms with Crippen LogP contribution in [0.25, 0.3) is 17.0 Å². The summed E-state index contributed by atoms with van der Waals surface area (Å²) in [5, 5.41) is 4.81. The summed E-state index contributed by atoms with van der Waals surface area (Å²) in [6, 6.07) is 9.54. The van der Waals surface area contributed by atoms with Crippen LogP contribution in [0.4, 0.5) is 5.95 Å². The quantitative estimate of drug-likeness (QED) is 0.779. The minimum absolute atomic E-state index is 0.227. The standard InChI is InChI=1S/C13H12ClN5/c1-2-10-7-11(8-4-3-5-9(14)6-8)16-13-17-12(15)18-19(10)13/h3-7H,2H2,1H3,(H2,15,18). The van der Waals surface area contributed by atoms with Crippen molar-refractivity contribution in [2.75, 3.05) is 5.73 Å². The second-order valence-electron chi connectivity index (χ2n) is 4.18. The predicted octanol–water partition coefficient (Wildman–Crippen LogP) is 2.59. The normalized spacial score (nSPS) is 11.1. The van der Waals surface area contributed by atoms with Crippen molar-refractivity contribution >= 4 is 23.3 Å². The Bertz CT molecular complexity index is 750. The van der Waals surface area contributed by atoms with Gasteiger partial charge in [0.1, 0.15) is 0 Å². The molecule has 2 heterocycles. The summed E-state index contributed by atoms with van der Waals surface area (Å²) in [5.41, 5.74) is 8.40. The maximum absolute atomic E-state index is 6.01. The lowest BCUT2D eigenvalue weighted by Crippen LogP contribution is -2.01. The summed E-state index contributed by atoms with van der Waals surface area (Å²) >= 11 is 6.01. The number of hydrogen-bond donors (Lipinski definition) is 1. The van der Waals surface area contributed by atoms with E-state index in [1.165, 1.54) is 0 Å². The fraction of sp³-hybridized carbons (Fsp3) is 0.154. The lowest BCUT2D eigenvalue weighted by molar-refractivity contribution is 0.854. The number of hydrogen-bond acceptors (Lipinski definition) is 4. The Labute approximate surface area is 115 Å². The minimum Gasteiger partial charge on any atom is -0.366 e. The second-order valence-corrected chi connectivity index (χ2v) is 4.61. The van der Waals surface area contributed by atoms with Gasteiger partial charge in [-0.1, -0.05) is 30.7 Å². The van der Waals surface area contributed by atoms with Gasteiger partial charge in [0.25, 0.3) is 5.78 Å². The lowest BCUT2D eigenvalue weighted by Gasteiger charge is -2.05. The van der Waals surface area contributed by atoms with E-state index in [-0.39, 0.29) is 5.95 Å². The third kappa shape index (κ3) is 2.13. The van der Waals surface area contributed by atoms with E-state index in [1.807, 2.05) is 37.3 Å². The largest absolute Gasteiger partial charge is 0.366 e. The van der Waals surface area contributed by atoms with Gasteiger partial charge >= 0.3 is 0 Å². The minimum atomic E-state index is 0.227. The first kappa shape index (κ1) is 11.9. The van der Waals surface area contributed by atoms with Gasteiger partial charge in [-0.25, -0.2) is 4.98 Å². The third-order valence-corrected chi connectivity index (χ3v) is 3.12. The molecule has 0 spiro atoms. The molecule has 0 aliphatic heterocycles. The van der Waals surface area contributed by atoms with E-state index < -0.39 is 0 Å². The van der Waals surface area contributed by atoms with Crippen molar-refractivity contribution in [3.63, 3.8) is 0 Å². The van der Waals surface area contributed by atoms with Crippen LogP contribution in [0.3, 0.4) is 0 Å². The van der Waals surface area contributed by atoms with Crippen molar-refractivity contribution in [2.24, 2.45) is 0 Å². The summed E-state index contributed by atoms with van der Waals surface area (Å²) in [6.07, 6.45) is 0.815. The number of nitrogens with zero attached hydrogens (tertiary/aromatic N) is 4. The summed E-state index contributed by atoms with van der Waals surface area (Å²) in [6.45, 7) is 2.05. The zero-order chi connectivity index (χ0) is 13.4. The molecule has 5 nitrogen and oxygen atoms in total. The number of aryl methyl sites for hydroxylation is 1. The van der Waals surface area contributed by atoms with Gasteiger partial charge in [0.2, 0.25) is 5.95 Å². The van der Waals surface area contributed by atoms with E-state index in [4.69, 9.17) is 17.3 Å². The van der Waals surface area contributed by atoms with E-state index >= 15 is 0 Å². The Kier molecular flexibility index (Phi) is 2.83. The van der Waals surface area contributed by atoms with Crippen LogP contribution in [0.5, 0.6) is 0 Å². The summed E-state index contributed by atoms with van der Waals surface area (Å²) < 4.78 is 1.67. The lowest BCUT2D eigenvalue weighted by atomic mass is 10.1. The highest BCUT2D eigenvalue weighted by Crippen LogP contribution is 2.22. The van der Waals surface area contributed by atoms with Crippen molar-refractivity contribution in [2.45, 2.75) is 13.3 Å². The summed E-state index contributed by atoms with van der Waals surface area (Å²) in [7, 11) is 0. The van der Waals surface area contributed by atoms with Crippen LogP contribution in [0, 0.1) is 0 Å². The molecule has 0 aliphatic rings. The van der Waals surface area contributed by atoms with Gasteiger partial charge in [-0.2, -0.15) is 9.50 Å². The van der Waals surface area contributed by atoms with Crippen molar-refractivity contribution in [1.29, 1.82) is 0 Å². The van der Waals surface area contributed by atoms with E-state index in [1.54, 1.807) is 4.52 Å². The molecule has 2 N–H and O–H groups in total. The Hall–Kier alpha value is -2.14. The molecular formula is C13H12ClN5. The van der Waals surface area contributed by atoms with Crippen molar-refractivity contribution in [3.05, 3.63) is 41.0 Å². The smallest absolute Gasteiger partial charge is 0.254 e. The Morgan fingerprint density at radius 3 is 2.84 bits per heavy atom. The van der Waals surface area contributed by atoms with E-state index in [9.17, 15) is 0 Å². The van der Waals surface area contributed by atoms with E-state index in [0.29, 0.717) is 10.8 Å². The molecule has 6 heteroatoms. The van der Waals surface area contributed by atoms with Crippen LogP contribution in [-0.4, -0.2) is 19.6 Å². The number of rotatable bonds is 2. The predicted molar refractivity (Wildman–Crippen MR) is 75.0 cm³/mol. The van der Waals surface area contributed by atoms with Crippen LogP contribution in [0.15, 0.2) is 30.3 Å². The molecule has 1 aromatic carbocycles. The molecule has 0 amide bonds. The topological polar surface area (TPSA) is 69.1 Å². The first-order chi connectivity index (χ1) is 9.17. The number of anilines is 1. The molecule has 0 aliphatic carbocycles. The van der Waals surface area contributed by atoms with Crippen LogP contribution in [0.2, 0.25) is 5.02 Å². The molecule has 0 saturated heterocycles. The average molecular weight is 274 g/mol. The first-order valence-electron chi connectivity index (χ1n) is 5.95. The van der Waals surface area contributed by atoms with Gasteiger partial charge in [0, 0.05) is 16.3 Å². The van der Waals surface area contributed by atoms with E-state index in [0.717, 1.165) is 23.4 Å². The first-order valence-corrected chi connectivity index (χ1v) is 6.33. The molecule has 19 heavy (non-hydrogen) atoms. The van der Waals surface area contributed by atoms with Crippen molar-refractivity contribution in [1.82, 2.24) is 19.6 Å². The fourth-order valence-corrected chi connectivity index (χ4v) is 2.18. The van der Waals surface area contributed by atoms with Crippen LogP contribution < -0.4 is 5.73 Å². The molecular weight excluding hydrogens is 262 g/mol. The van der Waals surface area contributed by atoms with Crippen molar-refractivity contribution in [3.8, 4) is 11.3 Å². The number of nitrogen functional groups attached to an aromatic ring is 1. The molecule has 0 radical (unpaired) electrons. The van der Waals surface area contributed by atoms with E-state index in [2.05, 4.69) is 15.1 Å². The number of nitrogens with two attached hydrogens (primary N) is 1. The Balaban J connectivity index is 2.24. The molecule has 0 unspecified atom stereocenters. The molecule has 2 aromatic heterocycles. The summed E-state index contributed by atoms with van der Waals surface area (Å²) in [5.74, 6) is 0.734. The maximum Gasteiger partial charge on any atom is 0.254 e. The monoisotopic (exact) mass is 273 g/mol. The zero-order valence-electron chi connectivity index (χ0n) is 10.3. The molecule has 96 valence electrons. The van der Waals surface area contributed by atoms with Gasteiger partial charge in [0.15, 0.2) is 0 Å². The highest BCUT2D eigenvalue weighted by Gasteiger charge is 2.10. The molecule has 3 rings (SSSR count). The fourth-order valence-electron chi connectivity index (χ4n) is 1.99. The van der Waals surface area contributed by atoms with Crippen LogP contribution in [-0.2, 0) is 6.42 Å². The molecule has 0 atom stereocenters. The second kappa shape index (κ2) is 4.51. The van der Waals surface area contributed by atoms with Crippen LogP contribution >= 0.6 is 11.6 Å². The highest BCUT2D eigenvalue weighted by molar-refractivity contribution is 6.30. The maximum atomic E-state index is 6.01. The number of fused-ring (bicyclic) bond motifs is 1. The van der Waals surface area contributed by atoms with Gasteiger partial charge in [-0.15, -0.1) is 5.10 Å². The molecule has 0 bridgehead atoms. The molecule has 3 aromatic rings. The van der Waals surface area contributed by atoms with Gasteiger partial charge < -0.3 is 5.73 Å². The average Bonchev–Trinajstić information content (AvgIpc) is 2.77. The third-order valence-electron chi connectivity index (χ3n) is 2.88. The van der Waals surface area contributed by atoms with Crippen LogP contribution in [0.1, 0.15) is 12.6 Å². The summed E-state index contributed by atoms with van der Waals surface area (Å²) in [4.78, 5) is 8.58. The molecule has 0 fully saturated rings. The van der Waals surface area contributed by atoms with Crippen molar-refractivity contribution < 1.29 is 0 Å². The van der Waals surface area contributed by atoms with Gasteiger partial charge in [-0.3, -0.25) is 0 Å². The Morgan fingerprint density at radius 2 is 2.11 bits per heavy atom.